The Morgan fingerprint density at radius 2 is 1.43 bits per heavy atom. The molecule has 0 N–H and O–H groups in total. The summed E-state index contributed by atoms with van der Waals surface area (Å²) in [6.07, 6.45) is -5.36. The van der Waals surface area contributed by atoms with Crippen LogP contribution in [0.1, 0.15) is 0 Å². The van der Waals surface area contributed by atoms with Crippen molar-refractivity contribution in [3.05, 3.63) is 54.6 Å². The van der Waals surface area contributed by atoms with Gasteiger partial charge in [-0.25, -0.2) is 0 Å². The number of hydrogen-bond donors (Lipinski definition) is 0. The molecule has 0 aromatic heterocycles. The first-order valence-electron chi connectivity index (χ1n) is 7.92. The van der Waals surface area contributed by atoms with Gasteiger partial charge in [-0.15, -0.1) is 13.2 Å². The van der Waals surface area contributed by atoms with Gasteiger partial charge in [-0.3, -0.25) is 0 Å². The van der Waals surface area contributed by atoms with Crippen LogP contribution in [0.25, 0.3) is 21.9 Å². The Hall–Kier alpha value is -2.78. The molecule has 28 heavy (non-hydrogen) atoms. The zero-order chi connectivity index (χ0) is 20.5. The lowest BCUT2D eigenvalue weighted by Gasteiger charge is -2.15. The van der Waals surface area contributed by atoms with Crippen molar-refractivity contribution in [3.8, 4) is 22.6 Å². The molecule has 3 rings (SSSR count). The van der Waals surface area contributed by atoms with Gasteiger partial charge in [0.1, 0.15) is 16.4 Å². The molecule has 9 heteroatoms. The van der Waals surface area contributed by atoms with Gasteiger partial charge in [-0.2, -0.15) is 12.6 Å². The van der Waals surface area contributed by atoms with Crippen molar-refractivity contribution in [3.63, 3.8) is 0 Å². The molecule has 3 aromatic rings. The van der Waals surface area contributed by atoms with E-state index in [1.807, 2.05) is 0 Å². The molecular weight excluding hydrogens is 397 g/mol. The standard InChI is InChI=1S/C19H15F3O5S/c1-25-14-6-3-12(4-7-14)16-9-5-13-11-15(26-2)8-10-17(13)18(16)28(23,24)27-19(20,21)22/h3-11H,1-2H3. The highest BCUT2D eigenvalue weighted by atomic mass is 32.2. The Bertz CT molecular complexity index is 1110. The second-order valence-corrected chi connectivity index (χ2v) is 7.22. The number of ether oxygens (including phenoxy) is 2. The zero-order valence-corrected chi connectivity index (χ0v) is 15.6. The Balaban J connectivity index is 2.31. The van der Waals surface area contributed by atoms with Gasteiger partial charge in [0.25, 0.3) is 0 Å². The van der Waals surface area contributed by atoms with Gasteiger partial charge in [0.15, 0.2) is 0 Å². The number of methoxy groups -OCH3 is 2. The highest BCUT2D eigenvalue weighted by molar-refractivity contribution is 7.87. The number of hydrogen-bond acceptors (Lipinski definition) is 5. The second-order valence-electron chi connectivity index (χ2n) is 5.74. The molecule has 0 aliphatic rings. The number of alkyl halides is 3. The summed E-state index contributed by atoms with van der Waals surface area (Å²) in [6.45, 7) is 0. The quantitative estimate of drug-likeness (QED) is 0.566. The van der Waals surface area contributed by atoms with Crippen LogP contribution in [0.5, 0.6) is 11.5 Å². The maximum Gasteiger partial charge on any atom is 0.537 e. The van der Waals surface area contributed by atoms with E-state index in [1.54, 1.807) is 30.3 Å². The molecule has 0 saturated heterocycles. The summed E-state index contributed by atoms with van der Waals surface area (Å²) < 4.78 is 77.0. The van der Waals surface area contributed by atoms with E-state index >= 15 is 0 Å². The molecule has 0 aliphatic carbocycles. The van der Waals surface area contributed by atoms with Crippen LogP contribution in [0, 0.1) is 0 Å². The van der Waals surface area contributed by atoms with Crippen LogP contribution in [0.2, 0.25) is 0 Å². The van der Waals surface area contributed by atoms with Crippen molar-refractivity contribution in [1.82, 2.24) is 0 Å². The molecule has 0 atom stereocenters. The summed E-state index contributed by atoms with van der Waals surface area (Å²) in [5, 5.41) is 0.472. The number of rotatable bonds is 5. The molecule has 0 fully saturated rings. The fraction of sp³-hybridized carbons (Fsp3) is 0.158. The van der Waals surface area contributed by atoms with Crippen molar-refractivity contribution < 1.29 is 35.2 Å². The molecule has 0 aliphatic heterocycles. The second kappa shape index (κ2) is 7.33. The van der Waals surface area contributed by atoms with E-state index in [4.69, 9.17) is 9.47 Å². The molecule has 148 valence electrons. The van der Waals surface area contributed by atoms with Crippen molar-refractivity contribution in [2.24, 2.45) is 0 Å². The molecule has 0 bridgehead atoms. The van der Waals surface area contributed by atoms with E-state index in [0.29, 0.717) is 22.4 Å². The minimum Gasteiger partial charge on any atom is -0.497 e. The van der Waals surface area contributed by atoms with Crippen LogP contribution in [-0.4, -0.2) is 29.0 Å². The molecule has 0 saturated carbocycles. The number of fused-ring (bicyclic) bond motifs is 1. The SMILES string of the molecule is COc1ccc(-c2ccc3cc(OC)ccc3c2S(=O)(=O)OC(F)(F)F)cc1. The summed E-state index contributed by atoms with van der Waals surface area (Å²) in [5.41, 5.74) is 0.465. The van der Waals surface area contributed by atoms with E-state index in [2.05, 4.69) is 4.18 Å². The maximum atomic E-state index is 12.8. The van der Waals surface area contributed by atoms with Crippen molar-refractivity contribution >= 4 is 20.9 Å². The Labute approximate surface area is 159 Å². The van der Waals surface area contributed by atoms with E-state index in [-0.39, 0.29) is 10.9 Å². The third-order valence-electron chi connectivity index (χ3n) is 4.03. The summed E-state index contributed by atoms with van der Waals surface area (Å²) in [5.74, 6) is 0.954. The lowest BCUT2D eigenvalue weighted by molar-refractivity contribution is -0.271. The zero-order valence-electron chi connectivity index (χ0n) is 14.8. The van der Waals surface area contributed by atoms with Crippen LogP contribution in [0.4, 0.5) is 13.2 Å². The van der Waals surface area contributed by atoms with Gasteiger partial charge in [0.2, 0.25) is 0 Å². The van der Waals surface area contributed by atoms with E-state index in [1.165, 1.54) is 38.5 Å². The smallest absolute Gasteiger partial charge is 0.497 e. The van der Waals surface area contributed by atoms with Crippen molar-refractivity contribution in [2.45, 2.75) is 11.3 Å². The molecule has 0 unspecified atom stereocenters. The van der Waals surface area contributed by atoms with Crippen molar-refractivity contribution in [1.29, 1.82) is 0 Å². The predicted molar refractivity (Wildman–Crippen MR) is 96.8 cm³/mol. The normalized spacial score (nSPS) is 12.2. The largest absolute Gasteiger partial charge is 0.537 e. The fourth-order valence-corrected chi connectivity index (χ4v) is 4.08. The molecule has 3 aromatic carbocycles. The first-order chi connectivity index (χ1) is 13.1. The summed E-state index contributed by atoms with van der Waals surface area (Å²) in [4.78, 5) is -0.574. The molecule has 0 heterocycles. The van der Waals surface area contributed by atoms with E-state index in [0.717, 1.165) is 0 Å². The van der Waals surface area contributed by atoms with Crippen LogP contribution in [0.3, 0.4) is 0 Å². The van der Waals surface area contributed by atoms with Gasteiger partial charge < -0.3 is 9.47 Å². The molecule has 0 radical (unpaired) electrons. The highest BCUT2D eigenvalue weighted by Crippen LogP contribution is 2.38. The van der Waals surface area contributed by atoms with Gasteiger partial charge in [-0.05, 0) is 41.3 Å². The first kappa shape index (κ1) is 20.0. The third kappa shape index (κ3) is 4.05. The Morgan fingerprint density at radius 3 is 2.00 bits per heavy atom. The summed E-state index contributed by atoms with van der Waals surface area (Å²) >= 11 is 0. The maximum absolute atomic E-state index is 12.8. The van der Waals surface area contributed by atoms with E-state index in [9.17, 15) is 21.6 Å². The van der Waals surface area contributed by atoms with Crippen LogP contribution >= 0.6 is 0 Å². The van der Waals surface area contributed by atoms with Gasteiger partial charge in [0.05, 0.1) is 14.2 Å². The average Bonchev–Trinajstić information content (AvgIpc) is 2.64. The highest BCUT2D eigenvalue weighted by Gasteiger charge is 2.39. The van der Waals surface area contributed by atoms with Crippen LogP contribution < -0.4 is 9.47 Å². The lowest BCUT2D eigenvalue weighted by Crippen LogP contribution is -2.20. The molecular formula is C19H15F3O5S. The summed E-state index contributed by atoms with van der Waals surface area (Å²) in [6, 6.07) is 13.7. The number of benzene rings is 3. The Morgan fingerprint density at radius 1 is 0.821 bits per heavy atom. The molecule has 0 spiro atoms. The monoisotopic (exact) mass is 412 g/mol. The minimum atomic E-state index is -5.36. The van der Waals surface area contributed by atoms with Gasteiger partial charge in [-0.1, -0.05) is 24.3 Å². The Kier molecular flexibility index (Phi) is 5.22. The predicted octanol–water partition coefficient (Wildman–Crippen LogP) is 4.75. The van der Waals surface area contributed by atoms with Crippen LogP contribution in [0.15, 0.2) is 59.5 Å². The lowest BCUT2D eigenvalue weighted by atomic mass is 10.0. The average molecular weight is 412 g/mol. The topological polar surface area (TPSA) is 61.8 Å². The fourth-order valence-electron chi connectivity index (χ4n) is 2.84. The van der Waals surface area contributed by atoms with Crippen LogP contribution in [-0.2, 0) is 14.3 Å². The van der Waals surface area contributed by atoms with Gasteiger partial charge >= 0.3 is 16.5 Å². The third-order valence-corrected chi connectivity index (χ3v) is 5.38. The first-order valence-corrected chi connectivity index (χ1v) is 9.33. The summed E-state index contributed by atoms with van der Waals surface area (Å²) in [7, 11) is -2.26. The van der Waals surface area contributed by atoms with Gasteiger partial charge in [0, 0.05) is 10.9 Å². The number of halogens is 3. The molecule has 0 amide bonds. The molecule has 5 nitrogen and oxygen atoms in total. The van der Waals surface area contributed by atoms with Crippen molar-refractivity contribution in [2.75, 3.05) is 14.2 Å². The minimum absolute atomic E-state index is 0.0737. The van der Waals surface area contributed by atoms with E-state index < -0.39 is 21.4 Å².